The molecule has 8 nitrogen and oxygen atoms in total. The van der Waals surface area contributed by atoms with Crippen LogP contribution >= 0.6 is 11.3 Å². The van der Waals surface area contributed by atoms with Gasteiger partial charge in [-0.2, -0.15) is 0 Å². The van der Waals surface area contributed by atoms with Crippen LogP contribution in [-0.2, 0) is 13.2 Å². The molecule has 4 rings (SSSR count). The van der Waals surface area contributed by atoms with Gasteiger partial charge in [-0.3, -0.25) is 15.0 Å². The van der Waals surface area contributed by atoms with Gasteiger partial charge in [-0.05, 0) is 57.4 Å². The monoisotopic (exact) mass is 470 g/mol. The highest BCUT2D eigenvalue weighted by Gasteiger charge is 2.18. The standard InChI is InChI=1S/C24H30N4O4S/c1-15-6-5-9-28(11-15)12-19-14-33-24(25-19)26-23(29)18-7-8-21(22(10-18)30-4)31-13-20-16(2)27-32-17(20)3/h7-8,10,14-15H,5-6,9,11-13H2,1-4H3,(H,25,26,29). The highest BCUT2D eigenvalue weighted by atomic mass is 32.1. The van der Waals surface area contributed by atoms with Crippen molar-refractivity contribution in [3.63, 3.8) is 0 Å². The van der Waals surface area contributed by atoms with Crippen LogP contribution in [0.1, 0.15) is 52.8 Å². The molecular weight excluding hydrogens is 440 g/mol. The summed E-state index contributed by atoms with van der Waals surface area (Å²) < 4.78 is 16.5. The number of rotatable bonds is 8. The number of ether oxygens (including phenoxy) is 2. The average molecular weight is 471 g/mol. The zero-order valence-corrected chi connectivity index (χ0v) is 20.3. The van der Waals surface area contributed by atoms with Crippen LogP contribution in [0.4, 0.5) is 5.13 Å². The van der Waals surface area contributed by atoms with Crippen molar-refractivity contribution in [2.24, 2.45) is 5.92 Å². The summed E-state index contributed by atoms with van der Waals surface area (Å²) in [5, 5.41) is 9.45. The van der Waals surface area contributed by atoms with Crippen molar-refractivity contribution in [1.82, 2.24) is 15.0 Å². The zero-order chi connectivity index (χ0) is 23.4. The molecule has 1 aromatic carbocycles. The lowest BCUT2D eigenvalue weighted by molar-refractivity contribution is 0.102. The van der Waals surface area contributed by atoms with Gasteiger partial charge in [0.2, 0.25) is 0 Å². The molecule has 33 heavy (non-hydrogen) atoms. The van der Waals surface area contributed by atoms with Gasteiger partial charge in [0, 0.05) is 24.0 Å². The van der Waals surface area contributed by atoms with Crippen molar-refractivity contribution in [3.05, 3.63) is 51.9 Å². The summed E-state index contributed by atoms with van der Waals surface area (Å²) in [4.78, 5) is 19.8. The first-order chi connectivity index (χ1) is 15.9. The summed E-state index contributed by atoms with van der Waals surface area (Å²) in [6, 6.07) is 5.11. The molecule has 1 saturated heterocycles. The summed E-state index contributed by atoms with van der Waals surface area (Å²) in [6.07, 6.45) is 2.52. The molecule has 0 spiro atoms. The molecule has 1 aliphatic rings. The van der Waals surface area contributed by atoms with Crippen molar-refractivity contribution in [2.45, 2.75) is 46.8 Å². The summed E-state index contributed by atoms with van der Waals surface area (Å²) in [6.45, 7) is 9.34. The minimum Gasteiger partial charge on any atom is -0.493 e. The maximum atomic E-state index is 12.8. The molecule has 1 amide bonds. The topological polar surface area (TPSA) is 89.7 Å². The lowest BCUT2D eigenvalue weighted by atomic mass is 10.0. The number of hydrogen-bond donors (Lipinski definition) is 1. The molecular formula is C24H30N4O4S. The number of methoxy groups -OCH3 is 1. The first-order valence-electron chi connectivity index (χ1n) is 11.1. The van der Waals surface area contributed by atoms with Gasteiger partial charge >= 0.3 is 0 Å². The summed E-state index contributed by atoms with van der Waals surface area (Å²) in [5.74, 6) is 2.23. The second-order valence-corrected chi connectivity index (χ2v) is 9.40. The van der Waals surface area contributed by atoms with Gasteiger partial charge in [0.15, 0.2) is 16.6 Å². The Kier molecular flexibility index (Phi) is 7.29. The molecule has 0 aliphatic carbocycles. The van der Waals surface area contributed by atoms with Crippen molar-refractivity contribution in [1.29, 1.82) is 0 Å². The largest absolute Gasteiger partial charge is 0.493 e. The molecule has 176 valence electrons. The number of hydrogen-bond acceptors (Lipinski definition) is 8. The fourth-order valence-corrected chi connectivity index (χ4v) is 4.75. The molecule has 1 unspecified atom stereocenters. The maximum Gasteiger partial charge on any atom is 0.257 e. The van der Waals surface area contributed by atoms with Gasteiger partial charge in [-0.25, -0.2) is 4.98 Å². The van der Waals surface area contributed by atoms with Crippen molar-refractivity contribution in [3.8, 4) is 11.5 Å². The third kappa shape index (κ3) is 5.72. The molecule has 9 heteroatoms. The highest BCUT2D eigenvalue weighted by Crippen LogP contribution is 2.30. The predicted octanol–water partition coefficient (Wildman–Crippen LogP) is 4.82. The van der Waals surface area contributed by atoms with Crippen LogP contribution in [0, 0.1) is 19.8 Å². The van der Waals surface area contributed by atoms with E-state index >= 15 is 0 Å². The second kappa shape index (κ2) is 10.4. The van der Waals surface area contributed by atoms with E-state index < -0.39 is 0 Å². The number of amides is 1. The SMILES string of the molecule is COc1cc(C(=O)Nc2nc(CN3CCCC(C)C3)cs2)ccc1OCc1c(C)noc1C. The Bertz CT molecular complexity index is 1090. The molecule has 1 fully saturated rings. The second-order valence-electron chi connectivity index (χ2n) is 8.54. The zero-order valence-electron chi connectivity index (χ0n) is 19.5. The first kappa shape index (κ1) is 23.3. The molecule has 0 bridgehead atoms. The molecule has 0 saturated carbocycles. The van der Waals surface area contributed by atoms with E-state index in [9.17, 15) is 4.79 Å². The van der Waals surface area contributed by atoms with Crippen LogP contribution in [0.3, 0.4) is 0 Å². The van der Waals surface area contributed by atoms with Gasteiger partial charge in [-0.1, -0.05) is 12.1 Å². The third-order valence-corrected chi connectivity index (χ3v) is 6.68. The number of nitrogens with zero attached hydrogens (tertiary/aromatic N) is 3. The quantitative estimate of drug-likeness (QED) is 0.505. The minimum absolute atomic E-state index is 0.238. The number of aromatic nitrogens is 2. The van der Waals surface area contributed by atoms with Crippen LogP contribution in [0.2, 0.25) is 0 Å². The Labute approximate surface area is 197 Å². The van der Waals surface area contributed by atoms with Crippen LogP contribution in [0.15, 0.2) is 28.1 Å². The van der Waals surface area contributed by atoms with Gasteiger partial charge in [-0.15, -0.1) is 11.3 Å². The number of aryl methyl sites for hydroxylation is 2. The first-order valence-corrected chi connectivity index (χ1v) is 12.0. The van der Waals surface area contributed by atoms with Gasteiger partial charge in [0.05, 0.1) is 24.1 Å². The van der Waals surface area contributed by atoms with Crippen molar-refractivity contribution < 1.29 is 18.8 Å². The lowest BCUT2D eigenvalue weighted by Crippen LogP contribution is -2.33. The fraction of sp³-hybridized carbons (Fsp3) is 0.458. The average Bonchev–Trinajstić information content (AvgIpc) is 3.37. The number of benzene rings is 1. The van der Waals surface area contributed by atoms with E-state index in [1.807, 2.05) is 19.2 Å². The van der Waals surface area contributed by atoms with Crippen molar-refractivity contribution in [2.75, 3.05) is 25.5 Å². The van der Waals surface area contributed by atoms with E-state index in [0.717, 1.165) is 48.3 Å². The predicted molar refractivity (Wildman–Crippen MR) is 127 cm³/mol. The minimum atomic E-state index is -0.238. The number of likely N-dealkylation sites (tertiary alicyclic amines) is 1. The lowest BCUT2D eigenvalue weighted by Gasteiger charge is -2.30. The number of carbonyl (C=O) groups excluding carboxylic acids is 1. The number of nitrogens with one attached hydrogen (secondary N) is 1. The fourth-order valence-electron chi connectivity index (χ4n) is 4.05. The Morgan fingerprint density at radius 2 is 2.18 bits per heavy atom. The normalized spacial score (nSPS) is 16.5. The molecule has 1 aliphatic heterocycles. The van der Waals surface area contributed by atoms with Crippen LogP contribution in [0.5, 0.6) is 11.5 Å². The number of piperidine rings is 1. The van der Waals surface area contributed by atoms with E-state index in [0.29, 0.717) is 28.8 Å². The molecule has 1 atom stereocenters. The molecule has 0 radical (unpaired) electrons. The van der Waals surface area contributed by atoms with E-state index in [-0.39, 0.29) is 5.91 Å². The van der Waals surface area contributed by atoms with Crippen molar-refractivity contribution >= 4 is 22.4 Å². The summed E-state index contributed by atoms with van der Waals surface area (Å²) >= 11 is 1.44. The maximum absolute atomic E-state index is 12.8. The third-order valence-electron chi connectivity index (χ3n) is 5.88. The Hall–Kier alpha value is -2.91. The Morgan fingerprint density at radius 1 is 1.33 bits per heavy atom. The number of thiazole rings is 1. The molecule has 3 heterocycles. The molecule has 2 aromatic heterocycles. The van der Waals surface area contributed by atoms with Crippen LogP contribution < -0.4 is 14.8 Å². The van der Waals surface area contributed by atoms with Gasteiger partial charge in [0.25, 0.3) is 5.91 Å². The van der Waals surface area contributed by atoms with Crippen LogP contribution in [0.25, 0.3) is 0 Å². The van der Waals surface area contributed by atoms with E-state index in [1.165, 1.54) is 24.2 Å². The number of carbonyl (C=O) groups is 1. The van der Waals surface area contributed by atoms with E-state index in [2.05, 4.69) is 27.3 Å². The summed E-state index contributed by atoms with van der Waals surface area (Å²) in [5.41, 5.74) is 3.15. The van der Waals surface area contributed by atoms with Crippen LogP contribution in [-0.4, -0.2) is 41.1 Å². The highest BCUT2D eigenvalue weighted by molar-refractivity contribution is 7.14. The smallest absolute Gasteiger partial charge is 0.257 e. The summed E-state index contributed by atoms with van der Waals surface area (Å²) in [7, 11) is 1.55. The van der Waals surface area contributed by atoms with E-state index in [1.54, 1.807) is 25.3 Å². The number of anilines is 1. The van der Waals surface area contributed by atoms with Gasteiger partial charge < -0.3 is 14.0 Å². The van der Waals surface area contributed by atoms with Gasteiger partial charge in [0.1, 0.15) is 12.4 Å². The molecule has 3 aromatic rings. The Balaban J connectivity index is 1.37. The Morgan fingerprint density at radius 3 is 2.91 bits per heavy atom. The van der Waals surface area contributed by atoms with E-state index in [4.69, 9.17) is 14.0 Å². The molecule has 1 N–H and O–H groups in total.